The van der Waals surface area contributed by atoms with Crippen LogP contribution in [-0.4, -0.2) is 16.1 Å². The third-order valence-corrected chi connectivity index (χ3v) is 3.16. The van der Waals surface area contributed by atoms with Crippen molar-refractivity contribution in [2.24, 2.45) is 5.73 Å². The average Bonchev–Trinajstić information content (AvgIpc) is 2.94. The Kier molecular flexibility index (Phi) is 4.18. The highest BCUT2D eigenvalue weighted by Gasteiger charge is 2.14. The van der Waals surface area contributed by atoms with Gasteiger partial charge in [0, 0.05) is 11.6 Å². The molecule has 0 atom stereocenters. The maximum absolute atomic E-state index is 13.4. The van der Waals surface area contributed by atoms with Crippen LogP contribution in [0.3, 0.4) is 0 Å². The lowest BCUT2D eigenvalue weighted by Crippen LogP contribution is -2.11. The molecule has 8 heteroatoms. The number of carbonyl (C=O) groups is 2. The number of halogens is 3. The number of benzene rings is 1. The van der Waals surface area contributed by atoms with E-state index in [-0.39, 0.29) is 16.1 Å². The number of aromatic nitrogens is 1. The smallest absolute Gasteiger partial charge is 0.269 e. The molecule has 2 N–H and O–H groups in total. The fraction of sp³-hybridized carbons (Fsp3) is 0. The van der Waals surface area contributed by atoms with Crippen molar-refractivity contribution in [2.45, 2.75) is 0 Å². The minimum absolute atomic E-state index is 0.0111. The number of hydrogen-bond acceptors (Lipinski definition) is 4. The summed E-state index contributed by atoms with van der Waals surface area (Å²) in [4.78, 5) is 22.5. The van der Waals surface area contributed by atoms with Crippen LogP contribution >= 0.6 is 11.5 Å². The molecule has 0 aliphatic heterocycles. The van der Waals surface area contributed by atoms with E-state index in [4.69, 9.17) is 5.73 Å². The van der Waals surface area contributed by atoms with Gasteiger partial charge in [0.15, 0.2) is 23.2 Å². The lowest BCUT2D eigenvalue weighted by molar-refractivity contribution is 0.0996. The normalized spacial score (nSPS) is 11.0. The first-order valence-electron chi connectivity index (χ1n) is 5.45. The highest BCUT2D eigenvalue weighted by molar-refractivity contribution is 7.08. The molecule has 0 saturated carbocycles. The summed E-state index contributed by atoms with van der Waals surface area (Å²) >= 11 is 0.696. The van der Waals surface area contributed by atoms with E-state index in [9.17, 15) is 22.8 Å². The van der Waals surface area contributed by atoms with Crippen LogP contribution in [0.25, 0.3) is 6.08 Å². The molecule has 1 aromatic heterocycles. The quantitative estimate of drug-likeness (QED) is 0.535. The average molecular weight is 311 g/mol. The van der Waals surface area contributed by atoms with Gasteiger partial charge in [-0.25, -0.2) is 13.2 Å². The Hall–Kier alpha value is -2.48. The van der Waals surface area contributed by atoms with E-state index in [1.807, 2.05) is 0 Å². The van der Waals surface area contributed by atoms with E-state index in [2.05, 4.69) is 10.4 Å². The van der Waals surface area contributed by atoms with Gasteiger partial charge in [0.05, 0.1) is 0 Å². The summed E-state index contributed by atoms with van der Waals surface area (Å²) in [5, 5.41) is 0. The summed E-state index contributed by atoms with van der Waals surface area (Å²) in [6.45, 7) is 0. The number of rotatable bonds is 4. The van der Waals surface area contributed by atoms with Crippen molar-refractivity contribution < 1.29 is 22.8 Å². The first-order chi connectivity index (χ1) is 9.90. The molecule has 0 unspecified atom stereocenters. The van der Waals surface area contributed by atoms with Crippen molar-refractivity contribution in [3.05, 3.63) is 57.9 Å². The van der Waals surface area contributed by atoms with Crippen molar-refractivity contribution >= 4 is 29.3 Å². The number of amides is 1. The van der Waals surface area contributed by atoms with Crippen LogP contribution in [0.1, 0.15) is 25.7 Å². The number of primary amides is 1. The molecule has 1 amide bonds. The Morgan fingerprint density at radius 1 is 1.24 bits per heavy atom. The minimum Gasteiger partial charge on any atom is -0.364 e. The second-order valence-electron chi connectivity index (χ2n) is 3.81. The zero-order valence-corrected chi connectivity index (χ0v) is 11.0. The van der Waals surface area contributed by atoms with Crippen LogP contribution in [0, 0.1) is 23.5 Å². The van der Waals surface area contributed by atoms with Crippen LogP contribution in [0.5, 0.6) is 0 Å². The molecule has 0 spiro atoms. The van der Waals surface area contributed by atoms with Gasteiger partial charge in [-0.15, -0.1) is 0 Å². The van der Waals surface area contributed by atoms with Crippen LogP contribution in [0.2, 0.25) is 0 Å². The number of allylic oxidation sites excluding steroid dienone is 1. The molecule has 0 fully saturated rings. The first-order valence-corrected chi connectivity index (χ1v) is 6.22. The molecule has 0 aliphatic carbocycles. The third-order valence-electron chi connectivity index (χ3n) is 2.40. The van der Waals surface area contributed by atoms with Gasteiger partial charge in [-0.1, -0.05) is 0 Å². The van der Waals surface area contributed by atoms with Crippen molar-refractivity contribution in [3.63, 3.8) is 0 Å². The van der Waals surface area contributed by atoms with Crippen molar-refractivity contribution in [2.75, 3.05) is 0 Å². The lowest BCUT2D eigenvalue weighted by atomic mass is 10.1. The molecule has 0 saturated heterocycles. The summed E-state index contributed by atoms with van der Waals surface area (Å²) in [6, 6.07) is 4.12. The molecule has 21 heavy (non-hydrogen) atoms. The van der Waals surface area contributed by atoms with E-state index >= 15 is 0 Å². The van der Waals surface area contributed by atoms with Crippen LogP contribution in [0.15, 0.2) is 18.2 Å². The van der Waals surface area contributed by atoms with Crippen LogP contribution in [0.4, 0.5) is 13.2 Å². The fourth-order valence-electron chi connectivity index (χ4n) is 1.37. The molecule has 1 aromatic carbocycles. The zero-order valence-electron chi connectivity index (χ0n) is 10.2. The Morgan fingerprint density at radius 2 is 1.95 bits per heavy atom. The largest absolute Gasteiger partial charge is 0.364 e. The summed E-state index contributed by atoms with van der Waals surface area (Å²) < 4.78 is 42.7. The number of nitrogens with two attached hydrogens (primary N) is 1. The Bertz CT molecular complexity index is 756. The van der Waals surface area contributed by atoms with Crippen LogP contribution in [-0.2, 0) is 0 Å². The molecule has 2 aromatic rings. The molecule has 0 aliphatic rings. The number of nitrogens with zero attached hydrogens (tertiary/aromatic N) is 1. The highest BCUT2D eigenvalue weighted by Crippen LogP contribution is 2.17. The van der Waals surface area contributed by atoms with Gasteiger partial charge in [0.25, 0.3) is 5.91 Å². The predicted octanol–water partition coefficient (Wildman–Crippen LogP) is 2.36. The topological polar surface area (TPSA) is 73.1 Å². The lowest BCUT2D eigenvalue weighted by Gasteiger charge is -1.98. The highest BCUT2D eigenvalue weighted by atomic mass is 32.1. The van der Waals surface area contributed by atoms with E-state index in [0.29, 0.717) is 11.5 Å². The molecule has 1 heterocycles. The van der Waals surface area contributed by atoms with E-state index < -0.39 is 29.1 Å². The van der Waals surface area contributed by atoms with Gasteiger partial charge in [-0.3, -0.25) is 9.59 Å². The second-order valence-corrected chi connectivity index (χ2v) is 4.59. The Labute approximate surface area is 120 Å². The van der Waals surface area contributed by atoms with Gasteiger partial charge in [-0.2, -0.15) is 4.37 Å². The molecule has 4 nitrogen and oxygen atoms in total. The van der Waals surface area contributed by atoms with Crippen molar-refractivity contribution in [1.82, 2.24) is 4.37 Å². The molecule has 1 radical (unpaired) electrons. The standard InChI is InChI=1S/C13H6F3N2O2S/c14-7-3-1-6(11(15)12(7)16)2-4-9(19)10-5-8(13(17)20)18-21-10/h1-4H,(H2,17,20). The monoisotopic (exact) mass is 311 g/mol. The summed E-state index contributed by atoms with van der Waals surface area (Å²) in [7, 11) is 0. The molecule has 107 valence electrons. The predicted molar refractivity (Wildman–Crippen MR) is 69.1 cm³/mol. The number of ketones is 1. The zero-order chi connectivity index (χ0) is 15.6. The maximum atomic E-state index is 13.4. The summed E-state index contributed by atoms with van der Waals surface area (Å²) in [6.07, 6.45) is 1.92. The summed E-state index contributed by atoms with van der Waals surface area (Å²) in [5.41, 5.74) is 4.49. The van der Waals surface area contributed by atoms with Crippen molar-refractivity contribution in [1.29, 1.82) is 0 Å². The fourth-order valence-corrected chi connectivity index (χ4v) is 1.99. The summed E-state index contributed by atoms with van der Waals surface area (Å²) in [5.74, 6) is -5.79. The van der Waals surface area contributed by atoms with Gasteiger partial charge >= 0.3 is 0 Å². The van der Waals surface area contributed by atoms with Crippen LogP contribution < -0.4 is 5.73 Å². The minimum atomic E-state index is -1.62. The number of carbonyl (C=O) groups excluding carboxylic acids is 2. The molecule has 0 bridgehead atoms. The molecule has 2 rings (SSSR count). The van der Waals surface area contributed by atoms with Gasteiger partial charge in [0.1, 0.15) is 10.6 Å². The maximum Gasteiger partial charge on any atom is 0.269 e. The van der Waals surface area contributed by atoms with Gasteiger partial charge in [-0.05, 0) is 35.8 Å². The van der Waals surface area contributed by atoms with Gasteiger partial charge in [0.2, 0.25) is 0 Å². The first kappa shape index (κ1) is 14.9. The molecular formula is C13H6F3N2O2S. The van der Waals surface area contributed by atoms with Crippen molar-refractivity contribution in [3.8, 4) is 0 Å². The second kappa shape index (κ2) is 5.88. The number of hydrogen-bond donors (Lipinski definition) is 1. The Balaban J connectivity index is 2.22. The Morgan fingerprint density at radius 3 is 2.57 bits per heavy atom. The third kappa shape index (κ3) is 3.16. The molecular weight excluding hydrogens is 305 g/mol. The van der Waals surface area contributed by atoms with E-state index in [0.717, 1.165) is 24.3 Å². The van der Waals surface area contributed by atoms with E-state index in [1.54, 1.807) is 0 Å². The van der Waals surface area contributed by atoms with Gasteiger partial charge < -0.3 is 5.73 Å². The SMILES string of the molecule is NC(=O)c1[c]c(C(=O)C=Cc2ccc(F)c(F)c2F)sn1. The van der Waals surface area contributed by atoms with E-state index in [1.165, 1.54) is 0 Å².